The summed E-state index contributed by atoms with van der Waals surface area (Å²) in [7, 11) is 0. The first-order chi connectivity index (χ1) is 7.71. The van der Waals surface area contributed by atoms with Gasteiger partial charge in [-0.25, -0.2) is 0 Å². The lowest BCUT2D eigenvalue weighted by Crippen LogP contribution is -2.33. The SMILES string of the molecule is O=C1c2ccc(Cl)cc2CCC12CCCC2. The topological polar surface area (TPSA) is 17.1 Å². The van der Waals surface area contributed by atoms with Crippen molar-refractivity contribution in [3.8, 4) is 0 Å². The molecular weight excluding hydrogens is 220 g/mol. The van der Waals surface area contributed by atoms with Gasteiger partial charge in [-0.1, -0.05) is 24.4 Å². The van der Waals surface area contributed by atoms with Crippen molar-refractivity contribution in [1.82, 2.24) is 0 Å². The van der Waals surface area contributed by atoms with Gasteiger partial charge in [-0.15, -0.1) is 0 Å². The molecule has 0 bridgehead atoms. The molecule has 84 valence electrons. The summed E-state index contributed by atoms with van der Waals surface area (Å²) in [5.41, 5.74) is 2.06. The second kappa shape index (κ2) is 3.59. The quantitative estimate of drug-likeness (QED) is 0.663. The third kappa shape index (κ3) is 1.41. The average Bonchev–Trinajstić information content (AvgIpc) is 2.74. The van der Waals surface area contributed by atoms with Crippen LogP contribution in [-0.4, -0.2) is 5.78 Å². The van der Waals surface area contributed by atoms with Crippen LogP contribution in [0.2, 0.25) is 5.02 Å². The van der Waals surface area contributed by atoms with Gasteiger partial charge in [0.2, 0.25) is 0 Å². The predicted molar refractivity (Wildman–Crippen MR) is 65.0 cm³/mol. The molecule has 3 rings (SSSR count). The van der Waals surface area contributed by atoms with E-state index < -0.39 is 0 Å². The molecule has 1 aromatic carbocycles. The number of rotatable bonds is 0. The van der Waals surface area contributed by atoms with Gasteiger partial charge >= 0.3 is 0 Å². The zero-order valence-electron chi connectivity index (χ0n) is 9.26. The van der Waals surface area contributed by atoms with Crippen LogP contribution in [-0.2, 0) is 6.42 Å². The molecule has 0 heterocycles. The summed E-state index contributed by atoms with van der Waals surface area (Å²) in [6, 6.07) is 5.71. The first kappa shape index (κ1) is 10.3. The van der Waals surface area contributed by atoms with Crippen molar-refractivity contribution >= 4 is 17.4 Å². The molecule has 1 nitrogen and oxygen atoms in total. The van der Waals surface area contributed by atoms with E-state index >= 15 is 0 Å². The van der Waals surface area contributed by atoms with E-state index in [-0.39, 0.29) is 5.41 Å². The number of carbonyl (C=O) groups is 1. The summed E-state index contributed by atoms with van der Waals surface area (Å²) in [6.07, 6.45) is 6.66. The lowest BCUT2D eigenvalue weighted by Gasteiger charge is -2.33. The molecule has 0 saturated heterocycles. The van der Waals surface area contributed by atoms with Crippen LogP contribution in [0, 0.1) is 5.41 Å². The van der Waals surface area contributed by atoms with Crippen LogP contribution < -0.4 is 0 Å². The third-order valence-electron chi connectivity index (χ3n) is 4.23. The molecule has 0 aliphatic heterocycles. The van der Waals surface area contributed by atoms with Crippen molar-refractivity contribution in [3.05, 3.63) is 34.3 Å². The Bertz CT molecular complexity index is 444. The highest BCUT2D eigenvalue weighted by molar-refractivity contribution is 6.30. The van der Waals surface area contributed by atoms with E-state index in [2.05, 4.69) is 0 Å². The molecule has 0 amide bonds. The fourth-order valence-corrected chi connectivity index (χ4v) is 3.49. The summed E-state index contributed by atoms with van der Waals surface area (Å²) >= 11 is 5.96. The monoisotopic (exact) mass is 234 g/mol. The van der Waals surface area contributed by atoms with Crippen LogP contribution in [0.15, 0.2) is 18.2 Å². The Labute approximate surface area is 101 Å². The van der Waals surface area contributed by atoms with E-state index in [1.54, 1.807) is 0 Å². The highest BCUT2D eigenvalue weighted by atomic mass is 35.5. The minimum Gasteiger partial charge on any atom is -0.294 e. The molecule has 1 aromatic rings. The molecule has 0 atom stereocenters. The molecule has 2 aliphatic carbocycles. The van der Waals surface area contributed by atoms with Crippen molar-refractivity contribution in [1.29, 1.82) is 0 Å². The Hall–Kier alpha value is -0.820. The molecule has 0 unspecified atom stereocenters. The van der Waals surface area contributed by atoms with Crippen LogP contribution in [0.4, 0.5) is 0 Å². The van der Waals surface area contributed by atoms with Crippen LogP contribution >= 0.6 is 11.6 Å². The lowest BCUT2D eigenvalue weighted by atomic mass is 9.69. The van der Waals surface area contributed by atoms with Gasteiger partial charge in [0.25, 0.3) is 0 Å². The molecular formula is C14H15ClO. The van der Waals surface area contributed by atoms with Crippen molar-refractivity contribution in [2.45, 2.75) is 38.5 Å². The predicted octanol–water partition coefficient (Wildman–Crippen LogP) is 4.03. The van der Waals surface area contributed by atoms with Gasteiger partial charge < -0.3 is 0 Å². The van der Waals surface area contributed by atoms with Gasteiger partial charge in [0.15, 0.2) is 5.78 Å². The third-order valence-corrected chi connectivity index (χ3v) is 4.46. The first-order valence-electron chi connectivity index (χ1n) is 6.05. The van der Waals surface area contributed by atoms with E-state index in [0.29, 0.717) is 5.78 Å². The maximum Gasteiger partial charge on any atom is 0.169 e. The van der Waals surface area contributed by atoms with E-state index in [4.69, 9.17) is 11.6 Å². The maximum absolute atomic E-state index is 12.5. The number of carbonyl (C=O) groups excluding carboxylic acids is 1. The molecule has 0 radical (unpaired) electrons. The normalized spacial score (nSPS) is 22.4. The maximum atomic E-state index is 12.5. The second-order valence-corrected chi connectivity index (χ2v) is 5.55. The average molecular weight is 235 g/mol. The molecule has 1 fully saturated rings. The number of benzene rings is 1. The van der Waals surface area contributed by atoms with Crippen molar-refractivity contribution < 1.29 is 4.79 Å². The molecule has 0 N–H and O–H groups in total. The summed E-state index contributed by atoms with van der Waals surface area (Å²) in [5, 5.41) is 0.744. The Morgan fingerprint density at radius 1 is 1.12 bits per heavy atom. The Balaban J connectivity index is 2.05. The molecule has 1 spiro atoms. The summed E-state index contributed by atoms with van der Waals surface area (Å²) < 4.78 is 0. The number of ketones is 1. The Kier molecular flexibility index (Phi) is 2.32. The smallest absolute Gasteiger partial charge is 0.169 e. The number of Topliss-reactive ketones (excluding diaryl/α,β-unsaturated/α-hetero) is 1. The summed E-state index contributed by atoms with van der Waals surface area (Å²) in [4.78, 5) is 12.5. The highest BCUT2D eigenvalue weighted by Gasteiger charge is 2.43. The minimum absolute atomic E-state index is 0.0131. The van der Waals surface area contributed by atoms with Gasteiger partial charge in [0.05, 0.1) is 0 Å². The first-order valence-corrected chi connectivity index (χ1v) is 6.42. The number of fused-ring (bicyclic) bond motifs is 1. The minimum atomic E-state index is -0.0131. The lowest BCUT2D eigenvalue weighted by molar-refractivity contribution is 0.0765. The second-order valence-electron chi connectivity index (χ2n) is 5.12. The van der Waals surface area contributed by atoms with Gasteiger partial charge in [-0.2, -0.15) is 0 Å². The van der Waals surface area contributed by atoms with E-state index in [0.717, 1.165) is 41.8 Å². The fraction of sp³-hybridized carbons (Fsp3) is 0.500. The molecule has 2 aliphatic rings. The Morgan fingerprint density at radius 3 is 2.62 bits per heavy atom. The summed E-state index contributed by atoms with van der Waals surface area (Å²) in [5.74, 6) is 0.378. The zero-order valence-corrected chi connectivity index (χ0v) is 10.0. The number of hydrogen-bond donors (Lipinski definition) is 0. The molecule has 16 heavy (non-hydrogen) atoms. The van der Waals surface area contributed by atoms with Gasteiger partial charge in [-0.3, -0.25) is 4.79 Å². The molecule has 0 aromatic heterocycles. The van der Waals surface area contributed by atoms with Gasteiger partial charge in [-0.05, 0) is 49.4 Å². The van der Waals surface area contributed by atoms with Crippen molar-refractivity contribution in [2.75, 3.05) is 0 Å². The molecule has 2 heteroatoms. The fourth-order valence-electron chi connectivity index (χ4n) is 3.29. The van der Waals surface area contributed by atoms with Crippen LogP contribution in [0.3, 0.4) is 0 Å². The van der Waals surface area contributed by atoms with Crippen LogP contribution in [0.1, 0.15) is 48.0 Å². The highest BCUT2D eigenvalue weighted by Crippen LogP contribution is 2.47. The van der Waals surface area contributed by atoms with Crippen LogP contribution in [0.5, 0.6) is 0 Å². The van der Waals surface area contributed by atoms with E-state index in [1.165, 1.54) is 12.8 Å². The number of hydrogen-bond acceptors (Lipinski definition) is 1. The van der Waals surface area contributed by atoms with E-state index in [9.17, 15) is 4.79 Å². The van der Waals surface area contributed by atoms with Crippen LogP contribution in [0.25, 0.3) is 0 Å². The standard InChI is InChI=1S/C14H15ClO/c15-11-3-4-12-10(9-11)5-8-14(13(12)16)6-1-2-7-14/h3-4,9H,1-2,5-8H2. The largest absolute Gasteiger partial charge is 0.294 e. The summed E-state index contributed by atoms with van der Waals surface area (Å²) in [6.45, 7) is 0. The Morgan fingerprint density at radius 2 is 1.88 bits per heavy atom. The molecule has 1 saturated carbocycles. The van der Waals surface area contributed by atoms with Gasteiger partial charge in [0.1, 0.15) is 0 Å². The number of halogens is 1. The van der Waals surface area contributed by atoms with Crippen molar-refractivity contribution in [2.24, 2.45) is 5.41 Å². The number of aryl methyl sites for hydroxylation is 1. The van der Waals surface area contributed by atoms with Crippen molar-refractivity contribution in [3.63, 3.8) is 0 Å². The zero-order chi connectivity index (χ0) is 11.2. The van der Waals surface area contributed by atoms with E-state index in [1.807, 2.05) is 18.2 Å². The van der Waals surface area contributed by atoms with Gasteiger partial charge in [0, 0.05) is 16.0 Å².